The Kier molecular flexibility index (Phi) is 8.79. The number of ether oxygens (including phenoxy) is 4. The van der Waals surface area contributed by atoms with E-state index in [-0.39, 0.29) is 13.2 Å². The Hall–Kier alpha value is -2.73. The molecule has 0 unspecified atom stereocenters. The van der Waals surface area contributed by atoms with Gasteiger partial charge in [0.25, 0.3) is 0 Å². The summed E-state index contributed by atoms with van der Waals surface area (Å²) >= 11 is 0. The molecule has 158 valence electrons. The zero-order valence-corrected chi connectivity index (χ0v) is 16.1. The van der Waals surface area contributed by atoms with Gasteiger partial charge in [0.05, 0.1) is 6.54 Å². The molecule has 2 amide bonds. The lowest BCUT2D eigenvalue weighted by molar-refractivity contribution is -0.227. The summed E-state index contributed by atoms with van der Waals surface area (Å²) in [6, 6.07) is -1.10. The molecule has 0 aromatic carbocycles. The molecule has 1 aliphatic heterocycles. The minimum Gasteiger partial charge on any atom is -0.463 e. The molecule has 1 aliphatic rings. The van der Waals surface area contributed by atoms with Gasteiger partial charge in [-0.25, -0.2) is 0 Å². The Balaban J connectivity index is 3.30. The predicted molar refractivity (Wildman–Crippen MR) is 91.2 cm³/mol. The SMILES string of the molecule is CC(=O)N[C@@H]1[C@@H](OC(C)=O)[C@H](OC(C)=O)[C@@H](COC(C)=O)O[C@H]1NC(=O)CN. The third-order valence-electron chi connectivity index (χ3n) is 3.61. The van der Waals surface area contributed by atoms with Crippen LogP contribution in [0.5, 0.6) is 0 Å². The number of rotatable bonds is 7. The van der Waals surface area contributed by atoms with Crippen LogP contribution < -0.4 is 16.4 Å². The maximum Gasteiger partial charge on any atom is 0.303 e. The van der Waals surface area contributed by atoms with E-state index in [1.165, 1.54) is 13.8 Å². The van der Waals surface area contributed by atoms with Gasteiger partial charge in [0.15, 0.2) is 18.4 Å². The first-order valence-corrected chi connectivity index (χ1v) is 8.45. The molecule has 0 spiro atoms. The van der Waals surface area contributed by atoms with Crippen molar-refractivity contribution < 1.29 is 42.9 Å². The molecule has 0 aromatic heterocycles. The van der Waals surface area contributed by atoms with E-state index in [0.717, 1.165) is 13.8 Å². The van der Waals surface area contributed by atoms with E-state index in [0.29, 0.717) is 0 Å². The molecular formula is C16H25N3O9. The molecule has 0 radical (unpaired) electrons. The highest BCUT2D eigenvalue weighted by atomic mass is 16.6. The summed E-state index contributed by atoms with van der Waals surface area (Å²) in [6.07, 6.45) is -4.74. The fraction of sp³-hybridized carbons (Fsp3) is 0.688. The van der Waals surface area contributed by atoms with Gasteiger partial charge in [-0.15, -0.1) is 0 Å². The van der Waals surface area contributed by atoms with Crippen LogP contribution in [0.4, 0.5) is 0 Å². The van der Waals surface area contributed by atoms with Crippen molar-refractivity contribution in [3.8, 4) is 0 Å². The van der Waals surface area contributed by atoms with Crippen molar-refractivity contribution in [2.24, 2.45) is 5.73 Å². The van der Waals surface area contributed by atoms with Gasteiger partial charge in [0, 0.05) is 27.7 Å². The summed E-state index contributed by atoms with van der Waals surface area (Å²) in [5, 5.41) is 4.96. The first-order valence-electron chi connectivity index (χ1n) is 8.45. The topological polar surface area (TPSA) is 172 Å². The lowest BCUT2D eigenvalue weighted by Crippen LogP contribution is -2.69. The molecule has 28 heavy (non-hydrogen) atoms. The van der Waals surface area contributed by atoms with Gasteiger partial charge >= 0.3 is 17.9 Å². The van der Waals surface area contributed by atoms with Crippen molar-refractivity contribution in [2.75, 3.05) is 13.2 Å². The second-order valence-electron chi connectivity index (χ2n) is 6.04. The number of nitrogens with one attached hydrogen (secondary N) is 2. The van der Waals surface area contributed by atoms with E-state index in [2.05, 4.69) is 10.6 Å². The maximum absolute atomic E-state index is 11.8. The van der Waals surface area contributed by atoms with Crippen molar-refractivity contribution >= 4 is 29.7 Å². The van der Waals surface area contributed by atoms with Crippen LogP contribution in [-0.2, 0) is 42.9 Å². The fourth-order valence-corrected chi connectivity index (χ4v) is 2.67. The fourth-order valence-electron chi connectivity index (χ4n) is 2.67. The number of hydrogen-bond donors (Lipinski definition) is 3. The highest BCUT2D eigenvalue weighted by molar-refractivity contribution is 5.78. The Labute approximate surface area is 161 Å². The summed E-state index contributed by atoms with van der Waals surface area (Å²) in [7, 11) is 0. The third-order valence-corrected chi connectivity index (χ3v) is 3.61. The van der Waals surface area contributed by atoms with Crippen molar-refractivity contribution in [1.82, 2.24) is 10.6 Å². The number of carbonyl (C=O) groups excluding carboxylic acids is 5. The lowest BCUT2D eigenvalue weighted by Gasteiger charge is -2.45. The maximum atomic E-state index is 11.8. The van der Waals surface area contributed by atoms with Crippen molar-refractivity contribution in [3.05, 3.63) is 0 Å². The molecule has 5 atom stereocenters. The van der Waals surface area contributed by atoms with E-state index in [1.807, 2.05) is 0 Å². The van der Waals surface area contributed by atoms with Gasteiger partial charge in [-0.3, -0.25) is 24.0 Å². The van der Waals surface area contributed by atoms with E-state index >= 15 is 0 Å². The Morgan fingerprint density at radius 1 is 0.893 bits per heavy atom. The molecule has 12 nitrogen and oxygen atoms in total. The van der Waals surface area contributed by atoms with E-state index in [9.17, 15) is 24.0 Å². The second-order valence-corrected chi connectivity index (χ2v) is 6.04. The van der Waals surface area contributed by atoms with Crippen molar-refractivity contribution in [2.45, 2.75) is 58.3 Å². The first-order chi connectivity index (χ1) is 13.0. The smallest absolute Gasteiger partial charge is 0.303 e. The lowest BCUT2D eigenvalue weighted by atomic mass is 9.95. The summed E-state index contributed by atoms with van der Waals surface area (Å²) in [5.41, 5.74) is 5.30. The molecule has 1 fully saturated rings. The zero-order valence-electron chi connectivity index (χ0n) is 16.1. The van der Waals surface area contributed by atoms with Crippen LogP contribution in [0, 0.1) is 0 Å². The summed E-state index contributed by atoms with van der Waals surface area (Å²) in [5.74, 6) is -3.20. The van der Waals surface area contributed by atoms with Crippen molar-refractivity contribution in [1.29, 1.82) is 0 Å². The van der Waals surface area contributed by atoms with Crippen LogP contribution in [0.1, 0.15) is 27.7 Å². The second kappa shape index (κ2) is 10.6. The van der Waals surface area contributed by atoms with Crippen LogP contribution in [0.2, 0.25) is 0 Å². The molecule has 0 saturated carbocycles. The van der Waals surface area contributed by atoms with Gasteiger partial charge in [0.1, 0.15) is 18.8 Å². The number of esters is 3. The number of nitrogens with two attached hydrogens (primary N) is 1. The normalized spacial score (nSPS) is 26.5. The predicted octanol–water partition coefficient (Wildman–Crippen LogP) is -2.28. The number of hydrogen-bond acceptors (Lipinski definition) is 10. The quantitative estimate of drug-likeness (QED) is 0.310. The highest BCUT2D eigenvalue weighted by Crippen LogP contribution is 2.26. The van der Waals surface area contributed by atoms with Crippen LogP contribution in [-0.4, -0.2) is 73.5 Å². The Morgan fingerprint density at radius 3 is 1.93 bits per heavy atom. The van der Waals surface area contributed by atoms with Crippen LogP contribution in [0.3, 0.4) is 0 Å². The van der Waals surface area contributed by atoms with Crippen LogP contribution in [0.25, 0.3) is 0 Å². The molecule has 0 bridgehead atoms. The van der Waals surface area contributed by atoms with Gasteiger partial charge in [-0.2, -0.15) is 0 Å². The molecule has 12 heteroatoms. The highest BCUT2D eigenvalue weighted by Gasteiger charge is 2.51. The van der Waals surface area contributed by atoms with E-state index in [4.69, 9.17) is 24.7 Å². The molecule has 4 N–H and O–H groups in total. The van der Waals surface area contributed by atoms with Gasteiger partial charge in [0.2, 0.25) is 11.8 Å². The third kappa shape index (κ3) is 7.12. The first kappa shape index (κ1) is 23.3. The summed E-state index contributed by atoms with van der Waals surface area (Å²) in [4.78, 5) is 57.8. The average molecular weight is 403 g/mol. The van der Waals surface area contributed by atoms with E-state index < -0.39 is 60.3 Å². The van der Waals surface area contributed by atoms with Gasteiger partial charge < -0.3 is 35.3 Å². The molecule has 1 heterocycles. The van der Waals surface area contributed by atoms with E-state index in [1.54, 1.807) is 0 Å². The minimum atomic E-state index is -1.23. The standard InChI is InChI=1S/C16H25N3O9/c1-7(20)18-13-15(27-10(4)23)14(26-9(3)22)11(6-25-8(2)21)28-16(13)19-12(24)5-17/h11,13-16H,5-6,17H2,1-4H3,(H,18,20)(H,19,24)/t11-,13-,14-,15-,16-/m1/s1. The number of amides is 2. The van der Waals surface area contributed by atoms with Crippen LogP contribution in [0.15, 0.2) is 0 Å². The molecular weight excluding hydrogens is 378 g/mol. The molecule has 1 saturated heterocycles. The molecule has 1 rings (SSSR count). The van der Waals surface area contributed by atoms with Gasteiger partial charge in [-0.1, -0.05) is 0 Å². The minimum absolute atomic E-state index is 0.354. The Morgan fingerprint density at radius 2 is 1.46 bits per heavy atom. The summed E-state index contributed by atoms with van der Waals surface area (Å²) < 4.78 is 21.1. The molecule has 0 aliphatic carbocycles. The zero-order chi connectivity index (χ0) is 21.4. The van der Waals surface area contributed by atoms with Crippen LogP contribution >= 0.6 is 0 Å². The van der Waals surface area contributed by atoms with Crippen molar-refractivity contribution in [3.63, 3.8) is 0 Å². The summed E-state index contributed by atoms with van der Waals surface area (Å²) in [6.45, 7) is 3.90. The van der Waals surface area contributed by atoms with Gasteiger partial charge in [-0.05, 0) is 0 Å². The Bertz CT molecular complexity index is 624. The largest absolute Gasteiger partial charge is 0.463 e. The monoisotopic (exact) mass is 403 g/mol. The molecule has 0 aromatic rings. The number of carbonyl (C=O) groups is 5. The average Bonchev–Trinajstić information content (AvgIpc) is 2.57.